The number of nitrogens with zero attached hydrogens (tertiary/aromatic N) is 3. The minimum atomic E-state index is -3.84. The maximum absolute atomic E-state index is 12.5. The molecule has 0 aromatic carbocycles. The summed E-state index contributed by atoms with van der Waals surface area (Å²) in [5.74, 6) is -0.469. The number of sulfonamides is 1. The molecule has 1 aliphatic rings. The highest BCUT2D eigenvalue weighted by Crippen LogP contribution is 2.16. The molecular formula is C15H26N6O4S. The summed E-state index contributed by atoms with van der Waals surface area (Å²) in [6.45, 7) is 0.819. The van der Waals surface area contributed by atoms with E-state index in [9.17, 15) is 18.0 Å². The summed E-state index contributed by atoms with van der Waals surface area (Å²) in [7, 11) is -2.18. The summed E-state index contributed by atoms with van der Waals surface area (Å²) < 4.78 is 28.2. The van der Waals surface area contributed by atoms with E-state index in [-0.39, 0.29) is 42.4 Å². The van der Waals surface area contributed by atoms with E-state index in [2.05, 4.69) is 15.0 Å². The first-order valence-corrected chi connectivity index (χ1v) is 10.1. The molecule has 11 heteroatoms. The second-order valence-electron chi connectivity index (χ2n) is 6.28. The van der Waals surface area contributed by atoms with Crippen molar-refractivity contribution in [2.75, 3.05) is 26.2 Å². The molecule has 26 heavy (non-hydrogen) atoms. The van der Waals surface area contributed by atoms with Gasteiger partial charge in [0.25, 0.3) is 10.0 Å². The number of nitrogens with one attached hydrogen (secondary N) is 2. The van der Waals surface area contributed by atoms with Crippen molar-refractivity contribution in [1.82, 2.24) is 24.5 Å². The van der Waals surface area contributed by atoms with Crippen LogP contribution in [0.15, 0.2) is 17.6 Å². The molecule has 2 amide bonds. The Balaban J connectivity index is 1.92. The number of hydrogen-bond donors (Lipinski definition) is 3. The van der Waals surface area contributed by atoms with Gasteiger partial charge in [0.15, 0.2) is 5.03 Å². The quantitative estimate of drug-likeness (QED) is 0.499. The first-order chi connectivity index (χ1) is 12.3. The van der Waals surface area contributed by atoms with Gasteiger partial charge in [-0.3, -0.25) is 9.59 Å². The normalized spacial score (nSPS) is 17.9. The zero-order chi connectivity index (χ0) is 19.2. The molecular weight excluding hydrogens is 360 g/mol. The van der Waals surface area contributed by atoms with E-state index in [1.54, 1.807) is 11.9 Å². The standard InChI is InChI=1S/C15H26N6O4S/c1-20-10-14(18-11-20)26(24,25)19-9-15(23)21-7-3-2-4-12(21)8-17-13(22)5-6-16/h10-12,19H,2-9,16H2,1H3,(H,17,22). The second-order valence-corrected chi connectivity index (χ2v) is 8.00. The molecule has 1 fully saturated rings. The van der Waals surface area contributed by atoms with Crippen LogP contribution in [0.1, 0.15) is 25.7 Å². The molecule has 10 nitrogen and oxygen atoms in total. The van der Waals surface area contributed by atoms with E-state index in [4.69, 9.17) is 5.73 Å². The number of rotatable bonds is 8. The molecule has 0 bridgehead atoms. The lowest BCUT2D eigenvalue weighted by molar-refractivity contribution is -0.134. The first-order valence-electron chi connectivity index (χ1n) is 8.57. The van der Waals surface area contributed by atoms with Crippen LogP contribution >= 0.6 is 0 Å². The molecule has 146 valence electrons. The molecule has 1 atom stereocenters. The van der Waals surface area contributed by atoms with Gasteiger partial charge in [-0.1, -0.05) is 0 Å². The zero-order valence-electron chi connectivity index (χ0n) is 14.8. The fourth-order valence-corrected chi connectivity index (χ4v) is 3.80. The smallest absolute Gasteiger partial charge is 0.260 e. The number of imidazole rings is 1. The van der Waals surface area contributed by atoms with Crippen LogP contribution in [0.2, 0.25) is 0 Å². The monoisotopic (exact) mass is 386 g/mol. The number of carbonyl (C=O) groups excluding carboxylic acids is 2. The van der Waals surface area contributed by atoms with Gasteiger partial charge in [0.1, 0.15) is 0 Å². The SMILES string of the molecule is Cn1cnc(S(=O)(=O)NCC(=O)N2CCCCC2CNC(=O)CCN)c1. The number of aromatic nitrogens is 2. The minimum absolute atomic E-state index is 0.128. The van der Waals surface area contributed by atoms with Crippen LogP contribution in [0.25, 0.3) is 0 Å². The van der Waals surface area contributed by atoms with Crippen molar-refractivity contribution in [2.24, 2.45) is 12.8 Å². The minimum Gasteiger partial charge on any atom is -0.354 e. The van der Waals surface area contributed by atoms with Gasteiger partial charge in [-0.25, -0.2) is 18.1 Å². The third-order valence-corrected chi connectivity index (χ3v) is 5.51. The van der Waals surface area contributed by atoms with Gasteiger partial charge in [-0.2, -0.15) is 0 Å². The number of piperidine rings is 1. The second kappa shape index (κ2) is 9.10. The Morgan fingerprint density at radius 2 is 2.15 bits per heavy atom. The van der Waals surface area contributed by atoms with Crippen molar-refractivity contribution < 1.29 is 18.0 Å². The van der Waals surface area contributed by atoms with Gasteiger partial charge in [0, 0.05) is 45.3 Å². The number of likely N-dealkylation sites (tertiary alicyclic amines) is 1. The number of carbonyl (C=O) groups is 2. The molecule has 0 saturated carbocycles. The van der Waals surface area contributed by atoms with Crippen molar-refractivity contribution in [3.05, 3.63) is 12.5 Å². The van der Waals surface area contributed by atoms with Crippen LogP contribution in [0.5, 0.6) is 0 Å². The van der Waals surface area contributed by atoms with Crippen LogP contribution in [-0.4, -0.2) is 66.9 Å². The lowest BCUT2D eigenvalue weighted by Gasteiger charge is -2.36. The number of nitrogens with two attached hydrogens (primary N) is 1. The van der Waals surface area contributed by atoms with Crippen molar-refractivity contribution in [3.8, 4) is 0 Å². The largest absolute Gasteiger partial charge is 0.354 e. The van der Waals surface area contributed by atoms with E-state index < -0.39 is 10.0 Å². The van der Waals surface area contributed by atoms with Gasteiger partial charge in [0.2, 0.25) is 11.8 Å². The van der Waals surface area contributed by atoms with Crippen LogP contribution in [0.3, 0.4) is 0 Å². The van der Waals surface area contributed by atoms with E-state index >= 15 is 0 Å². The molecule has 1 saturated heterocycles. The summed E-state index contributed by atoms with van der Waals surface area (Å²) >= 11 is 0. The predicted molar refractivity (Wildman–Crippen MR) is 94.4 cm³/mol. The summed E-state index contributed by atoms with van der Waals surface area (Å²) in [6.07, 6.45) is 5.56. The summed E-state index contributed by atoms with van der Waals surface area (Å²) in [5, 5.41) is 2.65. The zero-order valence-corrected chi connectivity index (χ0v) is 15.7. The molecule has 1 aliphatic heterocycles. The molecule has 2 heterocycles. The molecule has 1 aromatic heterocycles. The van der Waals surface area contributed by atoms with Crippen LogP contribution < -0.4 is 15.8 Å². The van der Waals surface area contributed by atoms with Crippen LogP contribution in [0, 0.1) is 0 Å². The van der Waals surface area contributed by atoms with Gasteiger partial charge in [-0.15, -0.1) is 0 Å². The van der Waals surface area contributed by atoms with Crippen LogP contribution in [-0.2, 0) is 26.7 Å². The van der Waals surface area contributed by atoms with E-state index in [1.165, 1.54) is 17.1 Å². The molecule has 2 rings (SSSR count). The molecule has 0 aliphatic carbocycles. The number of amides is 2. The topological polar surface area (TPSA) is 139 Å². The molecule has 1 unspecified atom stereocenters. The van der Waals surface area contributed by atoms with Gasteiger partial charge in [0.05, 0.1) is 12.9 Å². The maximum Gasteiger partial charge on any atom is 0.260 e. The Labute approximate surface area is 153 Å². The number of aryl methyl sites for hydroxylation is 1. The third kappa shape index (κ3) is 5.51. The van der Waals surface area contributed by atoms with Gasteiger partial charge < -0.3 is 20.5 Å². The van der Waals surface area contributed by atoms with Crippen molar-refractivity contribution >= 4 is 21.8 Å². The predicted octanol–water partition coefficient (Wildman–Crippen LogP) is -1.46. The Morgan fingerprint density at radius 1 is 1.38 bits per heavy atom. The Bertz CT molecular complexity index is 732. The third-order valence-electron chi connectivity index (χ3n) is 4.22. The fraction of sp³-hybridized carbons (Fsp3) is 0.667. The average molecular weight is 386 g/mol. The van der Waals surface area contributed by atoms with Crippen molar-refractivity contribution in [2.45, 2.75) is 36.8 Å². The van der Waals surface area contributed by atoms with E-state index in [1.807, 2.05) is 0 Å². The maximum atomic E-state index is 12.5. The first kappa shape index (κ1) is 20.3. The Hall–Kier alpha value is -1.98. The fourth-order valence-electron chi connectivity index (χ4n) is 2.85. The van der Waals surface area contributed by atoms with E-state index in [0.717, 1.165) is 19.3 Å². The number of hydrogen-bond acceptors (Lipinski definition) is 6. The Morgan fingerprint density at radius 3 is 2.81 bits per heavy atom. The Kier molecular flexibility index (Phi) is 7.12. The molecule has 4 N–H and O–H groups in total. The van der Waals surface area contributed by atoms with Crippen LogP contribution in [0.4, 0.5) is 0 Å². The van der Waals surface area contributed by atoms with E-state index in [0.29, 0.717) is 13.1 Å². The molecule has 0 spiro atoms. The van der Waals surface area contributed by atoms with Crippen molar-refractivity contribution in [3.63, 3.8) is 0 Å². The summed E-state index contributed by atoms with van der Waals surface area (Å²) in [6, 6.07) is -0.141. The highest BCUT2D eigenvalue weighted by atomic mass is 32.2. The lowest BCUT2D eigenvalue weighted by atomic mass is 10.0. The average Bonchev–Trinajstić information content (AvgIpc) is 3.06. The lowest BCUT2D eigenvalue weighted by Crippen LogP contribution is -2.52. The molecule has 0 radical (unpaired) electrons. The highest BCUT2D eigenvalue weighted by Gasteiger charge is 2.28. The summed E-state index contributed by atoms with van der Waals surface area (Å²) in [5.41, 5.74) is 5.35. The van der Waals surface area contributed by atoms with Crippen molar-refractivity contribution in [1.29, 1.82) is 0 Å². The summed E-state index contributed by atoms with van der Waals surface area (Å²) in [4.78, 5) is 29.5. The van der Waals surface area contributed by atoms with Gasteiger partial charge in [-0.05, 0) is 19.3 Å². The van der Waals surface area contributed by atoms with Gasteiger partial charge >= 0.3 is 0 Å². The molecule has 1 aromatic rings. The highest BCUT2D eigenvalue weighted by molar-refractivity contribution is 7.89.